The molecule has 1 fully saturated rings. The first-order valence-electron chi connectivity index (χ1n) is 6.62. The van der Waals surface area contributed by atoms with Crippen molar-refractivity contribution in [2.24, 2.45) is 5.92 Å². The van der Waals surface area contributed by atoms with Crippen molar-refractivity contribution in [3.63, 3.8) is 0 Å². The molecule has 1 saturated heterocycles. The fraction of sp³-hybridized carbons (Fsp3) is 0.923. The Balaban J connectivity index is 2.27. The van der Waals surface area contributed by atoms with Crippen LogP contribution in [0.1, 0.15) is 46.5 Å². The van der Waals surface area contributed by atoms with Gasteiger partial charge in [-0.05, 0) is 25.7 Å². The van der Waals surface area contributed by atoms with E-state index >= 15 is 0 Å². The predicted octanol–water partition coefficient (Wildman–Crippen LogP) is 2.02. The molecule has 0 saturated carbocycles. The molecule has 1 heterocycles. The lowest BCUT2D eigenvalue weighted by atomic mass is 10.1. The number of carbonyl (C=O) groups is 1. The maximum atomic E-state index is 11.9. The zero-order valence-electron chi connectivity index (χ0n) is 11.0. The fourth-order valence-electron chi connectivity index (χ4n) is 1.92. The number of hydrogen-bond donors (Lipinski definition) is 1. The molecule has 0 aromatic heterocycles. The average molecular weight is 226 g/mol. The third-order valence-electron chi connectivity index (χ3n) is 3.53. The molecule has 0 spiro atoms. The van der Waals surface area contributed by atoms with Crippen molar-refractivity contribution in [2.75, 3.05) is 19.6 Å². The number of nitrogens with zero attached hydrogens (tertiary/aromatic N) is 1. The Hall–Kier alpha value is -0.570. The van der Waals surface area contributed by atoms with E-state index in [4.69, 9.17) is 0 Å². The van der Waals surface area contributed by atoms with Crippen molar-refractivity contribution in [3.8, 4) is 0 Å². The highest BCUT2D eigenvalue weighted by Gasteiger charge is 2.16. The van der Waals surface area contributed by atoms with Gasteiger partial charge in [0.05, 0.1) is 6.54 Å². The maximum Gasteiger partial charge on any atom is 0.236 e. The Morgan fingerprint density at radius 3 is 2.19 bits per heavy atom. The highest BCUT2D eigenvalue weighted by Crippen LogP contribution is 2.09. The summed E-state index contributed by atoms with van der Waals surface area (Å²) in [5.74, 6) is 0.853. The monoisotopic (exact) mass is 226 g/mol. The smallest absolute Gasteiger partial charge is 0.236 e. The van der Waals surface area contributed by atoms with Crippen molar-refractivity contribution in [1.82, 2.24) is 10.2 Å². The van der Waals surface area contributed by atoms with Gasteiger partial charge in [0.25, 0.3) is 0 Å². The third-order valence-corrected chi connectivity index (χ3v) is 3.53. The van der Waals surface area contributed by atoms with Gasteiger partial charge < -0.3 is 10.2 Å². The number of nitrogens with one attached hydrogen (secondary N) is 1. The summed E-state index contributed by atoms with van der Waals surface area (Å²) >= 11 is 0. The van der Waals surface area contributed by atoms with E-state index in [0.29, 0.717) is 18.5 Å². The van der Waals surface area contributed by atoms with Crippen LogP contribution in [0.25, 0.3) is 0 Å². The van der Waals surface area contributed by atoms with Crippen LogP contribution in [0, 0.1) is 5.92 Å². The van der Waals surface area contributed by atoms with Gasteiger partial charge in [-0.15, -0.1) is 0 Å². The summed E-state index contributed by atoms with van der Waals surface area (Å²) in [6.07, 6.45) is 4.90. The highest BCUT2D eigenvalue weighted by molar-refractivity contribution is 5.78. The summed E-state index contributed by atoms with van der Waals surface area (Å²) in [5.41, 5.74) is 0. The Kier molecular flexibility index (Phi) is 5.81. The van der Waals surface area contributed by atoms with Gasteiger partial charge in [-0.3, -0.25) is 4.79 Å². The van der Waals surface area contributed by atoms with Crippen LogP contribution >= 0.6 is 0 Å². The number of rotatable bonds is 4. The van der Waals surface area contributed by atoms with E-state index in [9.17, 15) is 4.79 Å². The summed E-state index contributed by atoms with van der Waals surface area (Å²) in [6.45, 7) is 8.90. The Bertz CT molecular complexity index is 208. The molecule has 1 aliphatic rings. The second kappa shape index (κ2) is 6.89. The van der Waals surface area contributed by atoms with Gasteiger partial charge in [0.2, 0.25) is 5.91 Å². The SMILES string of the molecule is CC(C)C(C)NCC(=O)N1CCCCCC1. The molecule has 3 nitrogen and oxygen atoms in total. The van der Waals surface area contributed by atoms with E-state index in [1.165, 1.54) is 25.7 Å². The van der Waals surface area contributed by atoms with Crippen LogP contribution in [0.3, 0.4) is 0 Å². The molecule has 0 aliphatic carbocycles. The van der Waals surface area contributed by atoms with E-state index in [2.05, 4.69) is 26.1 Å². The molecular formula is C13H26N2O. The van der Waals surface area contributed by atoms with Crippen molar-refractivity contribution in [2.45, 2.75) is 52.5 Å². The summed E-state index contributed by atoms with van der Waals surface area (Å²) in [5, 5.41) is 3.31. The number of hydrogen-bond acceptors (Lipinski definition) is 2. The molecule has 0 aromatic carbocycles. The largest absolute Gasteiger partial charge is 0.342 e. The first-order valence-corrected chi connectivity index (χ1v) is 6.62. The summed E-state index contributed by atoms with van der Waals surface area (Å²) < 4.78 is 0. The lowest BCUT2D eigenvalue weighted by molar-refractivity contribution is -0.130. The van der Waals surface area contributed by atoms with Crippen molar-refractivity contribution in [1.29, 1.82) is 0 Å². The lowest BCUT2D eigenvalue weighted by Crippen LogP contribution is -2.42. The Morgan fingerprint density at radius 2 is 1.69 bits per heavy atom. The van der Waals surface area contributed by atoms with Crippen LogP contribution in [0.4, 0.5) is 0 Å². The lowest BCUT2D eigenvalue weighted by Gasteiger charge is -2.23. The van der Waals surface area contributed by atoms with Crippen LogP contribution in [-0.4, -0.2) is 36.5 Å². The molecule has 3 heteroatoms. The average Bonchev–Trinajstić information content (AvgIpc) is 2.53. The van der Waals surface area contributed by atoms with Gasteiger partial charge in [-0.1, -0.05) is 26.7 Å². The van der Waals surface area contributed by atoms with Gasteiger partial charge in [0.15, 0.2) is 0 Å². The predicted molar refractivity (Wildman–Crippen MR) is 67.4 cm³/mol. The topological polar surface area (TPSA) is 32.3 Å². The van der Waals surface area contributed by atoms with E-state index in [1.807, 2.05) is 4.90 Å². The molecule has 0 radical (unpaired) electrons. The van der Waals surface area contributed by atoms with E-state index in [0.717, 1.165) is 13.1 Å². The zero-order chi connectivity index (χ0) is 12.0. The highest BCUT2D eigenvalue weighted by atomic mass is 16.2. The Morgan fingerprint density at radius 1 is 1.12 bits per heavy atom. The summed E-state index contributed by atoms with van der Waals surface area (Å²) in [7, 11) is 0. The van der Waals surface area contributed by atoms with Crippen molar-refractivity contribution < 1.29 is 4.79 Å². The van der Waals surface area contributed by atoms with Crippen LogP contribution in [0.15, 0.2) is 0 Å². The number of likely N-dealkylation sites (tertiary alicyclic amines) is 1. The molecule has 0 bridgehead atoms. The molecule has 1 amide bonds. The Labute approximate surface area is 99.6 Å². The molecule has 1 aliphatic heterocycles. The third kappa shape index (κ3) is 4.52. The van der Waals surface area contributed by atoms with Gasteiger partial charge in [0.1, 0.15) is 0 Å². The maximum absolute atomic E-state index is 11.9. The second-order valence-electron chi connectivity index (χ2n) is 5.21. The zero-order valence-corrected chi connectivity index (χ0v) is 11.0. The first kappa shape index (κ1) is 13.5. The molecule has 1 rings (SSSR count). The molecule has 16 heavy (non-hydrogen) atoms. The fourth-order valence-corrected chi connectivity index (χ4v) is 1.92. The van der Waals surface area contributed by atoms with Crippen LogP contribution in [0.2, 0.25) is 0 Å². The molecule has 0 aromatic rings. The van der Waals surface area contributed by atoms with Crippen LogP contribution in [0.5, 0.6) is 0 Å². The van der Waals surface area contributed by atoms with Crippen molar-refractivity contribution in [3.05, 3.63) is 0 Å². The quantitative estimate of drug-likeness (QED) is 0.795. The normalized spacial score (nSPS) is 19.6. The minimum absolute atomic E-state index is 0.273. The van der Waals surface area contributed by atoms with E-state index in [1.54, 1.807) is 0 Å². The standard InChI is InChI=1S/C13H26N2O/c1-11(2)12(3)14-10-13(16)15-8-6-4-5-7-9-15/h11-12,14H,4-10H2,1-3H3. The van der Waals surface area contributed by atoms with Gasteiger partial charge in [0, 0.05) is 19.1 Å². The first-order chi connectivity index (χ1) is 7.61. The van der Waals surface area contributed by atoms with E-state index in [-0.39, 0.29) is 5.91 Å². The summed E-state index contributed by atoms with van der Waals surface area (Å²) in [6, 6.07) is 0.413. The minimum Gasteiger partial charge on any atom is -0.342 e. The number of amides is 1. The molecular weight excluding hydrogens is 200 g/mol. The van der Waals surface area contributed by atoms with Crippen LogP contribution in [-0.2, 0) is 4.79 Å². The second-order valence-corrected chi connectivity index (χ2v) is 5.21. The van der Waals surface area contributed by atoms with Crippen molar-refractivity contribution >= 4 is 5.91 Å². The molecule has 1 atom stereocenters. The van der Waals surface area contributed by atoms with Gasteiger partial charge in [-0.2, -0.15) is 0 Å². The number of carbonyl (C=O) groups excluding carboxylic acids is 1. The molecule has 1 unspecified atom stereocenters. The molecule has 1 N–H and O–H groups in total. The minimum atomic E-state index is 0.273. The van der Waals surface area contributed by atoms with Gasteiger partial charge >= 0.3 is 0 Å². The summed E-state index contributed by atoms with van der Waals surface area (Å²) in [4.78, 5) is 14.0. The molecule has 94 valence electrons. The van der Waals surface area contributed by atoms with Crippen LogP contribution < -0.4 is 5.32 Å². The van der Waals surface area contributed by atoms with Gasteiger partial charge in [-0.25, -0.2) is 0 Å². The van der Waals surface area contributed by atoms with E-state index < -0.39 is 0 Å².